The molecule has 0 fully saturated rings. The number of hydrogen-bond acceptors (Lipinski definition) is 5. The molecule has 3 heterocycles. The van der Waals surface area contributed by atoms with E-state index in [2.05, 4.69) is 31.1 Å². The second-order valence-corrected chi connectivity index (χ2v) is 9.71. The first-order chi connectivity index (χ1) is 17.4. The normalized spacial score (nSPS) is 12.2. The maximum absolute atomic E-state index is 13.1. The van der Waals surface area contributed by atoms with Crippen LogP contribution in [0.2, 0.25) is 0 Å². The Hall–Kier alpha value is -3.75. The van der Waals surface area contributed by atoms with Crippen molar-refractivity contribution >= 4 is 26.8 Å². The molecule has 3 aromatic heterocycles. The molecule has 2 aromatic carbocycles. The van der Waals surface area contributed by atoms with Crippen LogP contribution in [0.4, 0.5) is 0 Å². The van der Waals surface area contributed by atoms with Crippen molar-refractivity contribution in [2.75, 3.05) is 6.61 Å². The largest absolute Gasteiger partial charge is 0.475 e. The Labute approximate surface area is 216 Å². The van der Waals surface area contributed by atoms with Gasteiger partial charge in [-0.3, -0.25) is 9.89 Å². The molecule has 182 valence electrons. The van der Waals surface area contributed by atoms with E-state index in [1.165, 1.54) is 0 Å². The Morgan fingerprint density at radius 3 is 2.53 bits per heavy atom. The fraction of sp³-hybridized carbons (Fsp3) is 0.179. The molecule has 5 aromatic rings. The summed E-state index contributed by atoms with van der Waals surface area (Å²) in [6, 6.07) is 20.3. The summed E-state index contributed by atoms with van der Waals surface area (Å²) in [5, 5.41) is 18.5. The number of aliphatic hydroxyl groups is 1. The molecule has 0 radical (unpaired) electrons. The number of nitrogens with zero attached hydrogens (tertiary/aromatic N) is 3. The summed E-state index contributed by atoms with van der Waals surface area (Å²) < 4.78 is 8.09. The van der Waals surface area contributed by atoms with Gasteiger partial charge in [0, 0.05) is 39.9 Å². The van der Waals surface area contributed by atoms with Gasteiger partial charge in [0.15, 0.2) is 0 Å². The minimum atomic E-state index is -0.470. The van der Waals surface area contributed by atoms with Gasteiger partial charge in [0.2, 0.25) is 5.88 Å². The molecular weight excluding hydrogens is 520 g/mol. The average molecular weight is 545 g/mol. The van der Waals surface area contributed by atoms with Gasteiger partial charge in [-0.1, -0.05) is 34.1 Å². The molecule has 36 heavy (non-hydrogen) atoms. The molecule has 1 unspecified atom stereocenters. The second kappa shape index (κ2) is 10.1. The first-order valence-electron chi connectivity index (χ1n) is 11.6. The van der Waals surface area contributed by atoms with E-state index in [9.17, 15) is 9.90 Å². The predicted octanol–water partition coefficient (Wildman–Crippen LogP) is 5.59. The zero-order valence-corrected chi connectivity index (χ0v) is 21.4. The molecule has 0 aliphatic rings. The third kappa shape index (κ3) is 4.82. The quantitative estimate of drug-likeness (QED) is 0.278. The number of H-pyrrole nitrogens is 1. The molecule has 1 atom stereocenters. The molecule has 0 aliphatic heterocycles. The van der Waals surface area contributed by atoms with Crippen molar-refractivity contribution in [3.05, 3.63) is 99.5 Å². The fourth-order valence-corrected chi connectivity index (χ4v) is 4.66. The smallest absolute Gasteiger partial charge is 0.251 e. The summed E-state index contributed by atoms with van der Waals surface area (Å²) in [6.07, 6.45) is 3.53. The zero-order valence-electron chi connectivity index (χ0n) is 19.9. The topological polar surface area (TPSA) is 93.0 Å². The summed E-state index contributed by atoms with van der Waals surface area (Å²) in [7, 11) is 0. The van der Waals surface area contributed by atoms with Gasteiger partial charge >= 0.3 is 0 Å². The van der Waals surface area contributed by atoms with E-state index in [-0.39, 0.29) is 18.3 Å². The van der Waals surface area contributed by atoms with Gasteiger partial charge in [0.05, 0.1) is 24.3 Å². The summed E-state index contributed by atoms with van der Waals surface area (Å²) in [5.74, 6) is 0.568. The van der Waals surface area contributed by atoms with E-state index in [1.54, 1.807) is 23.0 Å². The summed E-state index contributed by atoms with van der Waals surface area (Å²) >= 11 is 3.46. The molecule has 8 heteroatoms. The molecule has 0 saturated heterocycles. The maximum Gasteiger partial charge on any atom is 0.251 e. The lowest BCUT2D eigenvalue weighted by Gasteiger charge is -2.18. The van der Waals surface area contributed by atoms with Crippen molar-refractivity contribution in [1.29, 1.82) is 0 Å². The highest BCUT2D eigenvalue weighted by Gasteiger charge is 2.16. The van der Waals surface area contributed by atoms with Gasteiger partial charge < -0.3 is 14.4 Å². The lowest BCUT2D eigenvalue weighted by atomic mass is 10.0. The molecule has 0 aliphatic carbocycles. The third-order valence-corrected chi connectivity index (χ3v) is 6.45. The standard InChI is InChI=1S/C28H25BrN4O3/c1-17(2)36-26-9-7-21(15-30-26)28-23-13-18(6-8-24(23)31-32-28)19-10-11-33(27(35)14-19)25(16-34)20-4-3-5-22(29)12-20/h3-15,17,25,34H,16H2,1-2H3,(H,31,32). The number of nitrogens with one attached hydrogen (secondary N) is 1. The lowest BCUT2D eigenvalue weighted by Crippen LogP contribution is -2.26. The first-order valence-corrected chi connectivity index (χ1v) is 12.4. The molecule has 0 bridgehead atoms. The van der Waals surface area contributed by atoms with Crippen LogP contribution < -0.4 is 10.3 Å². The number of benzene rings is 2. The number of aromatic amines is 1. The molecule has 0 saturated carbocycles. The Morgan fingerprint density at radius 1 is 1.03 bits per heavy atom. The van der Waals surface area contributed by atoms with Crippen molar-refractivity contribution < 1.29 is 9.84 Å². The SMILES string of the molecule is CC(C)Oc1ccc(-c2n[nH]c3ccc(-c4ccn(C(CO)c5cccc(Br)c5)c(=O)c4)cc23)cn1. The van der Waals surface area contributed by atoms with Crippen LogP contribution in [0.1, 0.15) is 25.5 Å². The number of aliphatic hydroxyl groups excluding tert-OH is 1. The van der Waals surface area contributed by atoms with Gasteiger partial charge in [-0.2, -0.15) is 5.10 Å². The Balaban J connectivity index is 1.49. The van der Waals surface area contributed by atoms with E-state index in [1.807, 2.05) is 74.5 Å². The third-order valence-electron chi connectivity index (χ3n) is 5.95. The minimum absolute atomic E-state index is 0.0507. The molecule has 7 nitrogen and oxygen atoms in total. The van der Waals surface area contributed by atoms with E-state index in [0.717, 1.165) is 43.3 Å². The van der Waals surface area contributed by atoms with Crippen molar-refractivity contribution in [3.8, 4) is 28.3 Å². The van der Waals surface area contributed by atoms with Gasteiger partial charge in [0.25, 0.3) is 5.56 Å². The van der Waals surface area contributed by atoms with Crippen LogP contribution in [0, 0.1) is 0 Å². The average Bonchev–Trinajstić information content (AvgIpc) is 3.29. The molecule has 0 spiro atoms. The van der Waals surface area contributed by atoms with Crippen LogP contribution in [0.5, 0.6) is 5.88 Å². The highest BCUT2D eigenvalue weighted by atomic mass is 79.9. The van der Waals surface area contributed by atoms with Crippen molar-refractivity contribution in [1.82, 2.24) is 19.7 Å². The highest BCUT2D eigenvalue weighted by Crippen LogP contribution is 2.31. The van der Waals surface area contributed by atoms with Gasteiger partial charge in [0.1, 0.15) is 5.69 Å². The lowest BCUT2D eigenvalue weighted by molar-refractivity contribution is 0.232. The summed E-state index contributed by atoms with van der Waals surface area (Å²) in [6.45, 7) is 3.73. The van der Waals surface area contributed by atoms with Crippen LogP contribution >= 0.6 is 15.9 Å². The van der Waals surface area contributed by atoms with Crippen LogP contribution in [-0.4, -0.2) is 37.6 Å². The monoisotopic (exact) mass is 544 g/mol. The summed E-state index contributed by atoms with van der Waals surface area (Å²) in [5.41, 5.74) is 4.87. The minimum Gasteiger partial charge on any atom is -0.475 e. The van der Waals surface area contributed by atoms with Crippen LogP contribution in [0.3, 0.4) is 0 Å². The van der Waals surface area contributed by atoms with Gasteiger partial charge in [-0.05, 0) is 66.9 Å². The van der Waals surface area contributed by atoms with Gasteiger partial charge in [-0.25, -0.2) is 4.98 Å². The summed E-state index contributed by atoms with van der Waals surface area (Å²) in [4.78, 5) is 17.5. The first kappa shape index (κ1) is 24.0. The molecular formula is C28H25BrN4O3. The fourth-order valence-electron chi connectivity index (χ4n) is 4.24. The number of aromatic nitrogens is 4. The maximum atomic E-state index is 13.1. The number of pyridine rings is 2. The predicted molar refractivity (Wildman–Crippen MR) is 144 cm³/mol. The molecule has 0 amide bonds. The number of fused-ring (bicyclic) bond motifs is 1. The molecule has 2 N–H and O–H groups in total. The number of hydrogen-bond donors (Lipinski definition) is 2. The Kier molecular flexibility index (Phi) is 6.71. The van der Waals surface area contributed by atoms with Crippen molar-refractivity contribution in [2.45, 2.75) is 26.0 Å². The number of halogens is 1. The van der Waals surface area contributed by atoms with E-state index in [4.69, 9.17) is 4.74 Å². The van der Waals surface area contributed by atoms with Crippen LogP contribution in [0.15, 0.2) is 88.4 Å². The second-order valence-electron chi connectivity index (χ2n) is 8.80. The van der Waals surface area contributed by atoms with E-state index >= 15 is 0 Å². The number of ether oxygens (including phenoxy) is 1. The van der Waals surface area contributed by atoms with Crippen molar-refractivity contribution in [3.63, 3.8) is 0 Å². The van der Waals surface area contributed by atoms with Crippen molar-refractivity contribution in [2.24, 2.45) is 0 Å². The van der Waals surface area contributed by atoms with Gasteiger partial charge in [-0.15, -0.1) is 0 Å². The Morgan fingerprint density at radius 2 is 1.83 bits per heavy atom. The van der Waals surface area contributed by atoms with Crippen LogP contribution in [-0.2, 0) is 0 Å². The number of rotatable bonds is 7. The zero-order chi connectivity index (χ0) is 25.2. The molecule has 5 rings (SSSR count). The van der Waals surface area contributed by atoms with E-state index in [0.29, 0.717) is 5.88 Å². The van der Waals surface area contributed by atoms with Crippen LogP contribution in [0.25, 0.3) is 33.3 Å². The highest BCUT2D eigenvalue weighted by molar-refractivity contribution is 9.10. The van der Waals surface area contributed by atoms with E-state index < -0.39 is 6.04 Å². The Bertz CT molecular complexity index is 1570.